The quantitative estimate of drug-likeness (QED) is 0.780. The van der Waals surface area contributed by atoms with Crippen molar-refractivity contribution in [1.82, 2.24) is 15.1 Å². The van der Waals surface area contributed by atoms with Crippen molar-refractivity contribution >= 4 is 5.91 Å². The zero-order valence-corrected chi connectivity index (χ0v) is 14.7. The average Bonchev–Trinajstić information content (AvgIpc) is 2.98. The summed E-state index contributed by atoms with van der Waals surface area (Å²) in [5.74, 6) is -0.192. The van der Waals surface area contributed by atoms with Gasteiger partial charge in [0.05, 0.1) is 12.1 Å². The Balaban J connectivity index is 1.90. The number of aliphatic hydroxyl groups excluding tert-OH is 1. The maximum atomic E-state index is 12.3. The lowest BCUT2D eigenvalue weighted by Crippen LogP contribution is -2.26. The van der Waals surface area contributed by atoms with Crippen LogP contribution in [-0.4, -0.2) is 27.3 Å². The summed E-state index contributed by atoms with van der Waals surface area (Å²) in [5, 5.41) is 17.4. The molecule has 0 saturated carbocycles. The Morgan fingerprint density at radius 2 is 1.92 bits per heavy atom. The Labute approximate surface area is 143 Å². The molecular formula is C19H27N3O2. The fourth-order valence-corrected chi connectivity index (χ4v) is 2.86. The molecule has 1 heterocycles. The molecule has 0 aliphatic rings. The van der Waals surface area contributed by atoms with Crippen molar-refractivity contribution < 1.29 is 9.90 Å². The predicted octanol–water partition coefficient (Wildman–Crippen LogP) is 3.41. The summed E-state index contributed by atoms with van der Waals surface area (Å²) < 4.78 is 1.94. The van der Waals surface area contributed by atoms with Gasteiger partial charge in [0.25, 0.3) is 5.91 Å². The van der Waals surface area contributed by atoms with Crippen LogP contribution in [0.15, 0.2) is 36.4 Å². The van der Waals surface area contributed by atoms with Crippen LogP contribution in [0.1, 0.15) is 67.0 Å². The molecule has 0 fully saturated rings. The van der Waals surface area contributed by atoms with E-state index in [4.69, 9.17) is 0 Å². The van der Waals surface area contributed by atoms with Gasteiger partial charge >= 0.3 is 0 Å². The second kappa shape index (κ2) is 8.64. The monoisotopic (exact) mass is 329 g/mol. The van der Waals surface area contributed by atoms with Crippen molar-refractivity contribution in [2.24, 2.45) is 0 Å². The topological polar surface area (TPSA) is 67.2 Å². The summed E-state index contributed by atoms with van der Waals surface area (Å²) in [4.78, 5) is 12.3. The van der Waals surface area contributed by atoms with Crippen molar-refractivity contribution in [3.63, 3.8) is 0 Å². The number of hydrogen-bond donors (Lipinski definition) is 2. The van der Waals surface area contributed by atoms with Gasteiger partial charge in [-0.25, -0.2) is 0 Å². The smallest absolute Gasteiger partial charge is 0.271 e. The molecule has 5 heteroatoms. The molecule has 2 rings (SSSR count). The SMILES string of the molecule is CCC(CC)n1nc(C(=O)NCCC(O)c2ccccc2)cc1C. The van der Waals surface area contributed by atoms with E-state index in [1.54, 1.807) is 0 Å². The maximum absolute atomic E-state index is 12.3. The van der Waals surface area contributed by atoms with Gasteiger partial charge in [-0.2, -0.15) is 5.10 Å². The van der Waals surface area contributed by atoms with Crippen LogP contribution in [0.4, 0.5) is 0 Å². The summed E-state index contributed by atoms with van der Waals surface area (Å²) in [6.45, 7) is 6.63. The van der Waals surface area contributed by atoms with Gasteiger partial charge in [-0.1, -0.05) is 44.2 Å². The molecule has 0 spiro atoms. The van der Waals surface area contributed by atoms with E-state index in [1.807, 2.05) is 48.0 Å². The lowest BCUT2D eigenvalue weighted by molar-refractivity contribution is 0.0936. The molecule has 2 N–H and O–H groups in total. The summed E-state index contributed by atoms with van der Waals surface area (Å²) in [6, 6.07) is 11.6. The maximum Gasteiger partial charge on any atom is 0.271 e. The molecule has 1 aromatic carbocycles. The van der Waals surface area contributed by atoms with Crippen LogP contribution in [-0.2, 0) is 0 Å². The minimum absolute atomic E-state index is 0.192. The highest BCUT2D eigenvalue weighted by Gasteiger charge is 2.16. The average molecular weight is 329 g/mol. The number of aryl methyl sites for hydroxylation is 1. The van der Waals surface area contributed by atoms with E-state index < -0.39 is 6.10 Å². The highest BCUT2D eigenvalue weighted by molar-refractivity contribution is 5.92. The number of nitrogens with zero attached hydrogens (tertiary/aromatic N) is 2. The Hall–Kier alpha value is -2.14. The van der Waals surface area contributed by atoms with E-state index in [1.165, 1.54) is 0 Å². The van der Waals surface area contributed by atoms with E-state index in [0.717, 1.165) is 24.1 Å². The molecule has 1 aromatic heterocycles. The third kappa shape index (κ3) is 4.45. The number of carbonyl (C=O) groups is 1. The first-order chi connectivity index (χ1) is 11.6. The molecule has 1 unspecified atom stereocenters. The Morgan fingerprint density at radius 3 is 2.54 bits per heavy atom. The van der Waals surface area contributed by atoms with Gasteiger partial charge in [-0.05, 0) is 37.8 Å². The van der Waals surface area contributed by atoms with Gasteiger partial charge in [0.1, 0.15) is 5.69 Å². The van der Waals surface area contributed by atoms with Crippen molar-refractivity contribution in [2.45, 2.75) is 52.2 Å². The largest absolute Gasteiger partial charge is 0.388 e. The Morgan fingerprint density at radius 1 is 1.25 bits per heavy atom. The molecule has 2 aromatic rings. The number of carbonyl (C=O) groups excluding carboxylic acids is 1. The summed E-state index contributed by atoms with van der Waals surface area (Å²) >= 11 is 0. The molecular weight excluding hydrogens is 302 g/mol. The molecule has 0 radical (unpaired) electrons. The fourth-order valence-electron chi connectivity index (χ4n) is 2.86. The minimum atomic E-state index is -0.574. The first kappa shape index (κ1) is 18.2. The molecule has 0 aliphatic heterocycles. The molecule has 130 valence electrons. The molecule has 1 atom stereocenters. The predicted molar refractivity (Wildman–Crippen MR) is 94.9 cm³/mol. The fraction of sp³-hybridized carbons (Fsp3) is 0.474. The molecule has 24 heavy (non-hydrogen) atoms. The molecule has 5 nitrogen and oxygen atoms in total. The third-order valence-electron chi connectivity index (χ3n) is 4.33. The van der Waals surface area contributed by atoms with Crippen LogP contribution in [0.3, 0.4) is 0 Å². The van der Waals surface area contributed by atoms with Crippen LogP contribution >= 0.6 is 0 Å². The summed E-state index contributed by atoms with van der Waals surface area (Å²) in [5.41, 5.74) is 2.30. The van der Waals surface area contributed by atoms with Crippen LogP contribution < -0.4 is 5.32 Å². The van der Waals surface area contributed by atoms with Crippen LogP contribution in [0.25, 0.3) is 0 Å². The first-order valence-corrected chi connectivity index (χ1v) is 8.64. The molecule has 0 aliphatic carbocycles. The van der Waals surface area contributed by atoms with Gasteiger partial charge in [-0.15, -0.1) is 0 Å². The van der Waals surface area contributed by atoms with Gasteiger partial charge in [0.2, 0.25) is 0 Å². The standard InChI is InChI=1S/C19H27N3O2/c1-4-16(5-2)22-14(3)13-17(21-22)19(24)20-12-11-18(23)15-9-7-6-8-10-15/h6-10,13,16,18,23H,4-5,11-12H2,1-3H3,(H,20,24). The highest BCUT2D eigenvalue weighted by atomic mass is 16.3. The van der Waals surface area contributed by atoms with Crippen LogP contribution in [0.2, 0.25) is 0 Å². The van der Waals surface area contributed by atoms with Crippen molar-refractivity contribution in [1.29, 1.82) is 0 Å². The third-order valence-corrected chi connectivity index (χ3v) is 4.33. The Bertz CT molecular complexity index is 648. The second-order valence-corrected chi connectivity index (χ2v) is 6.06. The lowest BCUT2D eigenvalue weighted by Gasteiger charge is -2.14. The van der Waals surface area contributed by atoms with E-state index in [2.05, 4.69) is 24.3 Å². The molecule has 0 saturated heterocycles. The first-order valence-electron chi connectivity index (χ1n) is 8.64. The number of benzene rings is 1. The zero-order chi connectivity index (χ0) is 17.5. The second-order valence-electron chi connectivity index (χ2n) is 6.06. The molecule has 1 amide bonds. The van der Waals surface area contributed by atoms with Gasteiger partial charge in [0.15, 0.2) is 0 Å². The lowest BCUT2D eigenvalue weighted by atomic mass is 10.1. The highest BCUT2D eigenvalue weighted by Crippen LogP contribution is 2.18. The number of nitrogens with one attached hydrogen (secondary N) is 1. The van der Waals surface area contributed by atoms with Crippen molar-refractivity contribution in [2.75, 3.05) is 6.54 Å². The van der Waals surface area contributed by atoms with E-state index in [-0.39, 0.29) is 5.91 Å². The summed E-state index contributed by atoms with van der Waals surface area (Å²) in [7, 11) is 0. The Kier molecular flexibility index (Phi) is 6.55. The number of rotatable bonds is 8. The van der Waals surface area contributed by atoms with Gasteiger partial charge < -0.3 is 10.4 Å². The molecule has 0 bridgehead atoms. The van der Waals surface area contributed by atoms with E-state index in [0.29, 0.717) is 24.7 Å². The van der Waals surface area contributed by atoms with E-state index >= 15 is 0 Å². The number of hydrogen-bond acceptors (Lipinski definition) is 3. The number of aromatic nitrogens is 2. The summed E-state index contributed by atoms with van der Waals surface area (Å²) in [6.07, 6.45) is 1.88. The van der Waals surface area contributed by atoms with Gasteiger partial charge in [0, 0.05) is 12.2 Å². The van der Waals surface area contributed by atoms with Crippen LogP contribution in [0.5, 0.6) is 0 Å². The normalized spacial score (nSPS) is 12.4. The number of amides is 1. The number of aliphatic hydroxyl groups is 1. The van der Waals surface area contributed by atoms with Gasteiger partial charge in [-0.3, -0.25) is 9.48 Å². The minimum Gasteiger partial charge on any atom is -0.388 e. The van der Waals surface area contributed by atoms with Crippen molar-refractivity contribution in [3.05, 3.63) is 53.3 Å². The van der Waals surface area contributed by atoms with E-state index in [9.17, 15) is 9.90 Å². The van der Waals surface area contributed by atoms with Crippen molar-refractivity contribution in [3.8, 4) is 0 Å². The van der Waals surface area contributed by atoms with Crippen LogP contribution in [0, 0.1) is 6.92 Å². The zero-order valence-electron chi connectivity index (χ0n) is 14.7.